The van der Waals surface area contributed by atoms with E-state index in [1.807, 2.05) is 6.92 Å². The highest BCUT2D eigenvalue weighted by Gasteiger charge is 2.13. The maximum atomic E-state index is 11.5. The van der Waals surface area contributed by atoms with Crippen LogP contribution in [-0.2, 0) is 9.59 Å². The monoisotopic (exact) mass is 214 g/mol. The largest absolute Gasteiger partial charge is 0.369 e. The molecule has 0 aromatic heterocycles. The summed E-state index contributed by atoms with van der Waals surface area (Å²) in [7, 11) is 0. The normalized spacial score (nSPS) is 10.0. The van der Waals surface area contributed by atoms with E-state index in [4.69, 9.17) is 5.73 Å². The molecule has 0 fully saturated rings. The molecule has 88 valence electrons. The van der Waals surface area contributed by atoms with Gasteiger partial charge in [-0.25, -0.2) is 0 Å². The van der Waals surface area contributed by atoms with Crippen LogP contribution in [0.5, 0.6) is 0 Å². The summed E-state index contributed by atoms with van der Waals surface area (Å²) in [6.07, 6.45) is 4.35. The minimum atomic E-state index is -0.549. The predicted octanol–water partition coefficient (Wildman–Crippen LogP) is 1.29. The lowest BCUT2D eigenvalue weighted by molar-refractivity contribution is -0.135. The molecule has 2 N–H and O–H groups in total. The molecule has 0 aromatic carbocycles. The lowest BCUT2D eigenvalue weighted by Crippen LogP contribution is -2.34. The van der Waals surface area contributed by atoms with Crippen LogP contribution in [0.3, 0.4) is 0 Å². The van der Waals surface area contributed by atoms with Gasteiger partial charge in [0.1, 0.15) is 6.42 Å². The zero-order valence-electron chi connectivity index (χ0n) is 9.79. The van der Waals surface area contributed by atoms with Gasteiger partial charge in [-0.2, -0.15) is 0 Å². The summed E-state index contributed by atoms with van der Waals surface area (Å²) >= 11 is 0. The third kappa shape index (κ3) is 6.94. The van der Waals surface area contributed by atoms with Crippen molar-refractivity contribution in [3.8, 4) is 0 Å². The van der Waals surface area contributed by atoms with Crippen molar-refractivity contribution in [1.29, 1.82) is 0 Å². The zero-order chi connectivity index (χ0) is 11.7. The number of carbonyl (C=O) groups excluding carboxylic acids is 2. The number of rotatable bonds is 8. The molecule has 0 aliphatic carbocycles. The Morgan fingerprint density at radius 1 is 1.13 bits per heavy atom. The van der Waals surface area contributed by atoms with E-state index < -0.39 is 5.91 Å². The Labute approximate surface area is 91.8 Å². The number of nitrogens with zero attached hydrogens (tertiary/aromatic N) is 1. The van der Waals surface area contributed by atoms with E-state index in [-0.39, 0.29) is 12.3 Å². The molecular weight excluding hydrogens is 192 g/mol. The summed E-state index contributed by atoms with van der Waals surface area (Å²) in [4.78, 5) is 23.7. The SMILES string of the molecule is CCCCCCN(CC)C(=O)CC(N)=O. The van der Waals surface area contributed by atoms with E-state index in [0.29, 0.717) is 6.54 Å². The lowest BCUT2D eigenvalue weighted by Gasteiger charge is -2.20. The molecule has 0 radical (unpaired) electrons. The van der Waals surface area contributed by atoms with Crippen molar-refractivity contribution in [2.24, 2.45) is 5.73 Å². The lowest BCUT2D eigenvalue weighted by atomic mass is 10.2. The second-order valence-corrected chi connectivity index (χ2v) is 3.68. The average Bonchev–Trinajstić information content (AvgIpc) is 2.16. The Kier molecular flexibility index (Phi) is 7.68. The van der Waals surface area contributed by atoms with Crippen molar-refractivity contribution < 1.29 is 9.59 Å². The summed E-state index contributed by atoms with van der Waals surface area (Å²) in [5.41, 5.74) is 4.98. The molecule has 0 bridgehead atoms. The van der Waals surface area contributed by atoms with Gasteiger partial charge >= 0.3 is 0 Å². The van der Waals surface area contributed by atoms with Crippen LogP contribution in [0.15, 0.2) is 0 Å². The van der Waals surface area contributed by atoms with Gasteiger partial charge in [-0.1, -0.05) is 26.2 Å². The van der Waals surface area contributed by atoms with Crippen LogP contribution in [0.4, 0.5) is 0 Å². The molecule has 0 saturated carbocycles. The molecule has 0 aliphatic heterocycles. The first-order valence-electron chi connectivity index (χ1n) is 5.67. The molecule has 0 atom stereocenters. The Balaban J connectivity index is 3.80. The van der Waals surface area contributed by atoms with Crippen LogP contribution in [-0.4, -0.2) is 29.8 Å². The molecule has 0 spiro atoms. The minimum absolute atomic E-state index is 0.151. The van der Waals surface area contributed by atoms with Crippen LogP contribution in [0.25, 0.3) is 0 Å². The highest BCUT2D eigenvalue weighted by molar-refractivity contribution is 5.96. The van der Waals surface area contributed by atoms with Gasteiger partial charge < -0.3 is 10.6 Å². The number of hydrogen-bond acceptors (Lipinski definition) is 2. The fraction of sp³-hybridized carbons (Fsp3) is 0.818. The van der Waals surface area contributed by atoms with Crippen molar-refractivity contribution in [3.05, 3.63) is 0 Å². The Morgan fingerprint density at radius 2 is 1.80 bits per heavy atom. The quantitative estimate of drug-likeness (QED) is 0.489. The number of amides is 2. The van der Waals surface area contributed by atoms with Crippen molar-refractivity contribution in [3.63, 3.8) is 0 Å². The molecule has 0 rings (SSSR count). The Bertz CT molecular complexity index is 205. The smallest absolute Gasteiger partial charge is 0.231 e. The Morgan fingerprint density at radius 3 is 2.27 bits per heavy atom. The molecule has 4 nitrogen and oxygen atoms in total. The molecule has 15 heavy (non-hydrogen) atoms. The molecule has 0 saturated heterocycles. The molecule has 0 heterocycles. The van der Waals surface area contributed by atoms with Gasteiger partial charge in [0.05, 0.1) is 0 Å². The first-order chi connectivity index (χ1) is 7.11. The molecule has 0 aromatic rings. The third-order valence-electron chi connectivity index (χ3n) is 2.34. The summed E-state index contributed by atoms with van der Waals surface area (Å²) in [6.45, 7) is 5.45. The Hall–Kier alpha value is -1.06. The molecule has 0 aliphatic rings. The van der Waals surface area contributed by atoms with Crippen LogP contribution in [0.1, 0.15) is 46.0 Å². The van der Waals surface area contributed by atoms with Gasteiger partial charge in [0.25, 0.3) is 0 Å². The first-order valence-corrected chi connectivity index (χ1v) is 5.67. The second-order valence-electron chi connectivity index (χ2n) is 3.68. The second kappa shape index (κ2) is 8.26. The van der Waals surface area contributed by atoms with E-state index in [0.717, 1.165) is 19.4 Å². The van der Waals surface area contributed by atoms with Gasteiger partial charge in [-0.15, -0.1) is 0 Å². The highest BCUT2D eigenvalue weighted by atomic mass is 16.2. The third-order valence-corrected chi connectivity index (χ3v) is 2.34. The van der Waals surface area contributed by atoms with E-state index in [1.165, 1.54) is 12.8 Å². The van der Waals surface area contributed by atoms with Crippen LogP contribution >= 0.6 is 0 Å². The van der Waals surface area contributed by atoms with E-state index in [9.17, 15) is 9.59 Å². The van der Waals surface area contributed by atoms with Crippen LogP contribution in [0.2, 0.25) is 0 Å². The van der Waals surface area contributed by atoms with Gasteiger partial charge in [0, 0.05) is 13.1 Å². The molecular formula is C11H22N2O2. The number of unbranched alkanes of at least 4 members (excludes halogenated alkanes) is 3. The predicted molar refractivity (Wildman–Crippen MR) is 60.2 cm³/mol. The van der Waals surface area contributed by atoms with Crippen molar-refractivity contribution in [2.75, 3.05) is 13.1 Å². The van der Waals surface area contributed by atoms with Gasteiger partial charge in [0.2, 0.25) is 11.8 Å². The van der Waals surface area contributed by atoms with Gasteiger partial charge in [-0.3, -0.25) is 9.59 Å². The van der Waals surface area contributed by atoms with Crippen LogP contribution in [0, 0.1) is 0 Å². The van der Waals surface area contributed by atoms with E-state index in [2.05, 4.69) is 6.92 Å². The number of carbonyl (C=O) groups is 2. The maximum absolute atomic E-state index is 11.5. The van der Waals surface area contributed by atoms with Gasteiger partial charge in [0.15, 0.2) is 0 Å². The standard InChI is InChI=1S/C11H22N2O2/c1-3-5-6-7-8-13(4-2)11(15)9-10(12)14/h3-9H2,1-2H3,(H2,12,14). The first kappa shape index (κ1) is 13.9. The van der Waals surface area contributed by atoms with E-state index in [1.54, 1.807) is 4.90 Å². The summed E-state index contributed by atoms with van der Waals surface area (Å²) < 4.78 is 0. The van der Waals surface area contributed by atoms with Crippen molar-refractivity contribution in [2.45, 2.75) is 46.0 Å². The molecule has 0 unspecified atom stereocenters. The van der Waals surface area contributed by atoms with Crippen molar-refractivity contribution >= 4 is 11.8 Å². The fourth-order valence-corrected chi connectivity index (χ4v) is 1.45. The number of nitrogens with two attached hydrogens (primary N) is 1. The average molecular weight is 214 g/mol. The maximum Gasteiger partial charge on any atom is 0.231 e. The highest BCUT2D eigenvalue weighted by Crippen LogP contribution is 2.02. The summed E-state index contributed by atoms with van der Waals surface area (Å²) in [5.74, 6) is -0.700. The van der Waals surface area contributed by atoms with Crippen molar-refractivity contribution in [1.82, 2.24) is 4.90 Å². The summed E-state index contributed by atoms with van der Waals surface area (Å²) in [6, 6.07) is 0. The van der Waals surface area contributed by atoms with E-state index >= 15 is 0 Å². The topological polar surface area (TPSA) is 63.4 Å². The summed E-state index contributed by atoms with van der Waals surface area (Å²) in [5, 5.41) is 0. The zero-order valence-corrected chi connectivity index (χ0v) is 9.79. The van der Waals surface area contributed by atoms with Gasteiger partial charge in [-0.05, 0) is 13.3 Å². The molecule has 4 heteroatoms. The van der Waals surface area contributed by atoms with Crippen LogP contribution < -0.4 is 5.73 Å². The fourth-order valence-electron chi connectivity index (χ4n) is 1.45. The minimum Gasteiger partial charge on any atom is -0.369 e. The number of primary amides is 1. The molecule has 2 amide bonds. The number of hydrogen-bond donors (Lipinski definition) is 1.